The Morgan fingerprint density at radius 1 is 0.939 bits per heavy atom. The van der Waals surface area contributed by atoms with Gasteiger partial charge < -0.3 is 49.3 Å². The number of benzene rings is 2. The Morgan fingerprint density at radius 3 is 2.27 bits per heavy atom. The van der Waals surface area contributed by atoms with E-state index in [1.807, 2.05) is 37.5 Å². The van der Waals surface area contributed by atoms with Crippen LogP contribution in [-0.2, 0) is 23.8 Å². The summed E-state index contributed by atoms with van der Waals surface area (Å²) in [7, 11) is 2.81. The number of nitrogens with one attached hydrogen (secondary N) is 3. The molecule has 5 heterocycles. The zero-order chi connectivity index (χ0) is 47.5. The Bertz CT molecular complexity index is 2390. The molecule has 4 amide bonds. The number of H-pyrrole nitrogens is 1. The van der Waals surface area contributed by atoms with Gasteiger partial charge in [0.25, 0.3) is 5.91 Å². The number of piperazine rings is 1. The van der Waals surface area contributed by atoms with Crippen molar-refractivity contribution >= 4 is 46.9 Å². The number of alkyl halides is 3. The molecule has 2 aromatic heterocycles. The second-order valence-corrected chi connectivity index (χ2v) is 18.1. The number of carbonyl (C=O) groups excluding carboxylic acids is 4. The molecule has 0 spiro atoms. The molecule has 0 aliphatic carbocycles. The molecule has 0 radical (unpaired) electrons. The van der Waals surface area contributed by atoms with E-state index in [9.17, 15) is 32.3 Å². The third-order valence-electron chi connectivity index (χ3n) is 12.2. The van der Waals surface area contributed by atoms with Gasteiger partial charge in [0.05, 0.1) is 47.4 Å². The van der Waals surface area contributed by atoms with Crippen LogP contribution < -0.4 is 20.3 Å². The molecule has 4 atom stereocenters. The highest BCUT2D eigenvalue weighted by Crippen LogP contribution is 2.41. The van der Waals surface area contributed by atoms with Crippen LogP contribution in [0.1, 0.15) is 69.2 Å². The van der Waals surface area contributed by atoms with Gasteiger partial charge in [0.1, 0.15) is 23.4 Å². The van der Waals surface area contributed by atoms with Crippen molar-refractivity contribution in [2.45, 2.75) is 77.5 Å². The molecule has 3 aliphatic heterocycles. The number of hydrogen-bond acceptors (Lipinski definition) is 11. The number of aromatic amines is 1. The molecule has 2 aromatic carbocycles. The molecule has 3 fully saturated rings. The van der Waals surface area contributed by atoms with Crippen molar-refractivity contribution in [3.8, 4) is 28.1 Å². The van der Waals surface area contributed by atoms with Crippen LogP contribution in [0.2, 0.25) is 5.02 Å². The molecule has 66 heavy (non-hydrogen) atoms. The Kier molecular flexibility index (Phi) is 14.5. The highest BCUT2D eigenvalue weighted by molar-refractivity contribution is 6.34. The number of alkyl carbamates (subject to hydrolysis) is 1. The summed E-state index contributed by atoms with van der Waals surface area (Å²) in [5.74, 6) is -0.533. The lowest BCUT2D eigenvalue weighted by atomic mass is 9.90. The van der Waals surface area contributed by atoms with Gasteiger partial charge in [-0.25, -0.2) is 14.8 Å². The van der Waals surface area contributed by atoms with Gasteiger partial charge in [0.2, 0.25) is 11.8 Å². The highest BCUT2D eigenvalue weighted by atomic mass is 35.5. The lowest BCUT2D eigenvalue weighted by Crippen LogP contribution is -2.56. The maximum Gasteiger partial charge on any atom is 0.573 e. The smallest absolute Gasteiger partial charge is 0.453 e. The predicted octanol–water partition coefficient (Wildman–Crippen LogP) is 7.47. The predicted molar refractivity (Wildman–Crippen MR) is 239 cm³/mol. The Morgan fingerprint density at radius 2 is 1.65 bits per heavy atom. The number of halogens is 4. The minimum absolute atomic E-state index is 0.0157. The van der Waals surface area contributed by atoms with Gasteiger partial charge in [-0.1, -0.05) is 56.6 Å². The van der Waals surface area contributed by atoms with Crippen LogP contribution in [0.3, 0.4) is 0 Å². The second-order valence-electron chi connectivity index (χ2n) is 17.7. The van der Waals surface area contributed by atoms with Gasteiger partial charge in [-0.3, -0.25) is 14.4 Å². The minimum atomic E-state index is -5.07. The van der Waals surface area contributed by atoms with Crippen LogP contribution in [0.4, 0.5) is 29.5 Å². The Labute approximate surface area is 385 Å². The minimum Gasteiger partial charge on any atom is -0.453 e. The number of imidazole rings is 1. The summed E-state index contributed by atoms with van der Waals surface area (Å²) in [6.07, 6.45) is -1.50. The number of methoxy groups -OCH3 is 2. The monoisotopic (exact) mass is 938 g/mol. The molecule has 3 aliphatic rings. The zero-order valence-electron chi connectivity index (χ0n) is 37.5. The molecule has 354 valence electrons. The number of likely N-dealkylation sites (tertiary alicyclic amines) is 1. The maximum absolute atomic E-state index is 14.2. The molecule has 1 unspecified atom stereocenters. The number of nitrogens with zero attached hydrogens (tertiary/aromatic N) is 5. The molecule has 16 nitrogen and oxygen atoms in total. The van der Waals surface area contributed by atoms with Crippen molar-refractivity contribution < 1.29 is 51.3 Å². The van der Waals surface area contributed by atoms with Gasteiger partial charge >= 0.3 is 12.5 Å². The van der Waals surface area contributed by atoms with Crippen LogP contribution >= 0.6 is 11.6 Å². The van der Waals surface area contributed by atoms with Crippen LogP contribution in [0, 0.1) is 11.3 Å². The molecular weight excluding hydrogens is 885 g/mol. The summed E-state index contributed by atoms with van der Waals surface area (Å²) in [6, 6.07) is 10.7. The average molecular weight is 939 g/mol. The van der Waals surface area contributed by atoms with Crippen LogP contribution in [0.25, 0.3) is 22.4 Å². The molecule has 20 heteroatoms. The first-order chi connectivity index (χ1) is 31.3. The fourth-order valence-electron chi connectivity index (χ4n) is 8.67. The standard InChI is InChI=1S/C46H54ClF3N8O8/c1-26-24-56(43(61)45(2,3)4)15-16-57(26)38-12-11-30(22-51-38)41(59)54-34-21-37(66-46(48,49)50)32(20-33(34)47)27-7-9-28(10-8-27)35-23-52-40(53-35)36-19-31(63-5)25-58(36)42(60)39(55-44(62)64-6)29-13-17-65-18-14-29/h7-12,20-23,26,29,31,36,39H,13-19,24-25H2,1-6H3,(H,52,53)(H,54,59)(H,55,62)/t26?,31-,36-,39-/m0/s1. The van der Waals surface area contributed by atoms with Gasteiger partial charge in [-0.05, 0) is 55.0 Å². The molecule has 3 saturated heterocycles. The second kappa shape index (κ2) is 19.9. The van der Waals surface area contributed by atoms with Gasteiger partial charge in [0.15, 0.2) is 0 Å². The normalized spacial score (nSPS) is 19.9. The quantitative estimate of drug-likeness (QED) is 0.136. The number of anilines is 2. The number of carbonyl (C=O) groups is 4. The number of rotatable bonds is 11. The molecule has 3 N–H and O–H groups in total. The van der Waals surface area contributed by atoms with Gasteiger partial charge in [-0.15, -0.1) is 13.2 Å². The topological polar surface area (TPSA) is 181 Å². The van der Waals surface area contributed by atoms with E-state index in [0.717, 1.165) is 6.07 Å². The number of amides is 4. The van der Waals surface area contributed by atoms with E-state index in [1.54, 1.807) is 54.6 Å². The van der Waals surface area contributed by atoms with Crippen molar-refractivity contribution in [3.63, 3.8) is 0 Å². The first-order valence-electron chi connectivity index (χ1n) is 21.7. The van der Waals surface area contributed by atoms with E-state index in [2.05, 4.69) is 30.3 Å². The molecular formula is C46H54ClF3N8O8. The highest BCUT2D eigenvalue weighted by Gasteiger charge is 2.43. The SMILES string of the molecule is COC(=O)N[C@H](C(=O)N1C[C@@H](OC)C[C@H]1c1ncc(-c2ccc(-c3cc(Cl)c(NC(=O)c4ccc(N5CCN(C(=O)C(C)(C)C)CC5C)nc4)cc3OC(F)(F)F)cc2)[nH]1)C1CCOCC1. The lowest BCUT2D eigenvalue weighted by molar-refractivity contribution is -0.274. The van der Waals surface area contributed by atoms with Crippen LogP contribution in [-0.4, -0.2) is 127 Å². The number of ether oxygens (including phenoxy) is 4. The molecule has 4 aromatic rings. The zero-order valence-corrected chi connectivity index (χ0v) is 38.3. The third kappa shape index (κ3) is 11.0. The molecule has 0 saturated carbocycles. The summed E-state index contributed by atoms with van der Waals surface area (Å²) >= 11 is 6.62. The number of aromatic nitrogens is 3. The Balaban J connectivity index is 1.06. The Hall–Kier alpha value is -5.92. The van der Waals surface area contributed by atoms with Crippen LogP contribution in [0.15, 0.2) is 60.9 Å². The number of hydrogen-bond donors (Lipinski definition) is 3. The van der Waals surface area contributed by atoms with Crippen molar-refractivity contribution in [2.24, 2.45) is 11.3 Å². The van der Waals surface area contributed by atoms with E-state index in [4.69, 9.17) is 25.8 Å². The summed E-state index contributed by atoms with van der Waals surface area (Å²) in [5, 5.41) is 5.28. The van der Waals surface area contributed by atoms with E-state index in [0.29, 0.717) is 80.6 Å². The van der Waals surface area contributed by atoms with E-state index in [-0.39, 0.29) is 58.3 Å². The molecule has 7 rings (SSSR count). The maximum atomic E-state index is 14.2. The lowest BCUT2D eigenvalue weighted by Gasteiger charge is -2.42. The van der Waals surface area contributed by atoms with Crippen molar-refractivity contribution in [3.05, 3.63) is 77.3 Å². The third-order valence-corrected chi connectivity index (χ3v) is 12.5. The van der Waals surface area contributed by atoms with Crippen molar-refractivity contribution in [1.82, 2.24) is 30.1 Å². The molecule has 0 bridgehead atoms. The summed E-state index contributed by atoms with van der Waals surface area (Å²) in [4.78, 5) is 70.7. The first-order valence-corrected chi connectivity index (χ1v) is 22.0. The van der Waals surface area contributed by atoms with Crippen LogP contribution in [0.5, 0.6) is 5.75 Å². The summed E-state index contributed by atoms with van der Waals surface area (Å²) in [6.45, 7) is 10.4. The average Bonchev–Trinajstić information content (AvgIpc) is 3.97. The summed E-state index contributed by atoms with van der Waals surface area (Å²) < 4.78 is 62.0. The van der Waals surface area contributed by atoms with Gasteiger partial charge in [-0.2, -0.15) is 0 Å². The van der Waals surface area contributed by atoms with E-state index >= 15 is 0 Å². The van der Waals surface area contributed by atoms with E-state index < -0.39 is 41.6 Å². The number of pyridine rings is 1. The summed E-state index contributed by atoms with van der Waals surface area (Å²) in [5.41, 5.74) is 1.11. The fourth-order valence-corrected chi connectivity index (χ4v) is 8.88. The largest absolute Gasteiger partial charge is 0.573 e. The van der Waals surface area contributed by atoms with Crippen molar-refractivity contribution in [1.29, 1.82) is 0 Å². The first kappa shape index (κ1) is 48.0. The van der Waals surface area contributed by atoms with Gasteiger partial charge in [0, 0.05) is 82.2 Å². The van der Waals surface area contributed by atoms with E-state index in [1.165, 1.54) is 19.4 Å². The van der Waals surface area contributed by atoms with Crippen molar-refractivity contribution in [2.75, 3.05) is 63.8 Å². The fraction of sp³-hybridized carbons (Fsp3) is 0.478.